The van der Waals surface area contributed by atoms with E-state index in [4.69, 9.17) is 0 Å². The molecule has 0 atom stereocenters. The van der Waals surface area contributed by atoms with Gasteiger partial charge in [0.2, 0.25) is 0 Å². The minimum atomic E-state index is -4.04. The van der Waals surface area contributed by atoms with Gasteiger partial charge in [0, 0.05) is 13.0 Å². The standard InChI is InChI=1S/C10H14F3N3/c1-16-6-14-15-9(16)7-2-4-8(5-3-7)10(11,12)13/h6-8H,2-5H2,1H3. The molecule has 90 valence electrons. The third kappa shape index (κ3) is 2.20. The molecule has 0 bridgehead atoms. The molecule has 0 amide bonds. The first-order chi connectivity index (χ1) is 7.48. The van der Waals surface area contributed by atoms with E-state index in [1.165, 1.54) is 0 Å². The van der Waals surface area contributed by atoms with Crippen molar-refractivity contribution in [3.05, 3.63) is 12.2 Å². The molecule has 1 aromatic rings. The van der Waals surface area contributed by atoms with Crippen LogP contribution in [-0.2, 0) is 7.05 Å². The average molecular weight is 233 g/mol. The molecular formula is C10H14F3N3. The van der Waals surface area contributed by atoms with E-state index in [2.05, 4.69) is 10.2 Å². The SMILES string of the molecule is Cn1cnnc1C1CCC(C(F)(F)F)CC1. The van der Waals surface area contributed by atoms with Crippen LogP contribution in [0.1, 0.15) is 37.4 Å². The minimum absolute atomic E-state index is 0.131. The highest BCUT2D eigenvalue weighted by Gasteiger charge is 2.42. The highest BCUT2D eigenvalue weighted by atomic mass is 19.4. The van der Waals surface area contributed by atoms with E-state index in [9.17, 15) is 13.2 Å². The Kier molecular flexibility index (Phi) is 2.90. The molecule has 1 aliphatic rings. The summed E-state index contributed by atoms with van der Waals surface area (Å²) >= 11 is 0. The Balaban J connectivity index is 1.98. The summed E-state index contributed by atoms with van der Waals surface area (Å²) in [6.45, 7) is 0. The summed E-state index contributed by atoms with van der Waals surface area (Å²) in [5.41, 5.74) is 0. The Morgan fingerprint density at radius 3 is 2.31 bits per heavy atom. The lowest BCUT2D eigenvalue weighted by molar-refractivity contribution is -0.182. The first-order valence-corrected chi connectivity index (χ1v) is 5.39. The van der Waals surface area contributed by atoms with Crippen molar-refractivity contribution in [2.24, 2.45) is 13.0 Å². The van der Waals surface area contributed by atoms with Gasteiger partial charge in [-0.3, -0.25) is 0 Å². The Morgan fingerprint density at radius 2 is 1.88 bits per heavy atom. The van der Waals surface area contributed by atoms with E-state index in [0.717, 1.165) is 5.82 Å². The normalized spacial score (nSPS) is 27.0. The minimum Gasteiger partial charge on any atom is -0.320 e. The second-order valence-electron chi connectivity index (χ2n) is 4.39. The van der Waals surface area contributed by atoms with Crippen molar-refractivity contribution in [3.8, 4) is 0 Å². The maximum atomic E-state index is 12.5. The zero-order valence-electron chi connectivity index (χ0n) is 9.04. The molecule has 0 saturated heterocycles. The summed E-state index contributed by atoms with van der Waals surface area (Å²) in [6, 6.07) is 0. The molecule has 1 aromatic heterocycles. The van der Waals surface area contributed by atoms with Gasteiger partial charge in [0.25, 0.3) is 0 Å². The van der Waals surface area contributed by atoms with E-state index >= 15 is 0 Å². The van der Waals surface area contributed by atoms with Crippen LogP contribution in [0, 0.1) is 5.92 Å². The first kappa shape index (κ1) is 11.4. The zero-order valence-corrected chi connectivity index (χ0v) is 9.04. The molecule has 0 N–H and O–H groups in total. The van der Waals surface area contributed by atoms with Crippen LogP contribution in [0.25, 0.3) is 0 Å². The van der Waals surface area contributed by atoms with Crippen LogP contribution in [-0.4, -0.2) is 20.9 Å². The monoisotopic (exact) mass is 233 g/mol. The number of alkyl halides is 3. The topological polar surface area (TPSA) is 30.7 Å². The van der Waals surface area contributed by atoms with E-state index in [0.29, 0.717) is 12.8 Å². The number of hydrogen-bond donors (Lipinski definition) is 0. The van der Waals surface area contributed by atoms with Crippen LogP contribution >= 0.6 is 0 Å². The fourth-order valence-corrected chi connectivity index (χ4v) is 2.34. The lowest BCUT2D eigenvalue weighted by Crippen LogP contribution is -2.27. The van der Waals surface area contributed by atoms with Gasteiger partial charge in [-0.15, -0.1) is 10.2 Å². The zero-order chi connectivity index (χ0) is 11.8. The molecule has 0 aliphatic heterocycles. The lowest BCUT2D eigenvalue weighted by Gasteiger charge is -2.29. The van der Waals surface area contributed by atoms with Gasteiger partial charge in [-0.2, -0.15) is 13.2 Å². The van der Waals surface area contributed by atoms with Crippen LogP contribution < -0.4 is 0 Å². The molecule has 1 heterocycles. The van der Waals surface area contributed by atoms with Gasteiger partial charge in [-0.25, -0.2) is 0 Å². The van der Waals surface area contributed by atoms with Gasteiger partial charge in [0.05, 0.1) is 5.92 Å². The van der Waals surface area contributed by atoms with Crippen molar-refractivity contribution in [1.82, 2.24) is 14.8 Å². The second kappa shape index (κ2) is 4.07. The molecule has 0 unspecified atom stereocenters. The number of aromatic nitrogens is 3. The van der Waals surface area contributed by atoms with Crippen molar-refractivity contribution in [1.29, 1.82) is 0 Å². The Hall–Kier alpha value is -1.07. The van der Waals surface area contributed by atoms with Gasteiger partial charge in [0.1, 0.15) is 12.2 Å². The maximum absolute atomic E-state index is 12.5. The van der Waals surface area contributed by atoms with E-state index in [-0.39, 0.29) is 18.8 Å². The molecule has 6 heteroatoms. The highest BCUT2D eigenvalue weighted by molar-refractivity contribution is 4.98. The van der Waals surface area contributed by atoms with E-state index in [1.54, 1.807) is 10.9 Å². The summed E-state index contributed by atoms with van der Waals surface area (Å²) in [6.07, 6.45) is -0.925. The molecule has 16 heavy (non-hydrogen) atoms. The number of halogens is 3. The molecule has 0 radical (unpaired) electrons. The lowest BCUT2D eigenvalue weighted by atomic mass is 9.81. The smallest absolute Gasteiger partial charge is 0.320 e. The van der Waals surface area contributed by atoms with Gasteiger partial charge < -0.3 is 4.57 Å². The van der Waals surface area contributed by atoms with Crippen molar-refractivity contribution in [3.63, 3.8) is 0 Å². The maximum Gasteiger partial charge on any atom is 0.391 e. The summed E-state index contributed by atoms with van der Waals surface area (Å²) in [7, 11) is 1.82. The van der Waals surface area contributed by atoms with Crippen LogP contribution in [0.4, 0.5) is 13.2 Å². The fraction of sp³-hybridized carbons (Fsp3) is 0.800. The van der Waals surface area contributed by atoms with Crippen LogP contribution in [0.15, 0.2) is 6.33 Å². The summed E-state index contributed by atoms with van der Waals surface area (Å²) in [5, 5.41) is 7.71. The largest absolute Gasteiger partial charge is 0.391 e. The summed E-state index contributed by atoms with van der Waals surface area (Å²) in [4.78, 5) is 0. The van der Waals surface area contributed by atoms with Crippen LogP contribution in [0.5, 0.6) is 0 Å². The summed E-state index contributed by atoms with van der Waals surface area (Å²) in [5.74, 6) is -0.191. The van der Waals surface area contributed by atoms with Gasteiger partial charge in [0.15, 0.2) is 0 Å². The van der Waals surface area contributed by atoms with Crippen LogP contribution in [0.2, 0.25) is 0 Å². The molecular weight excluding hydrogens is 219 g/mol. The second-order valence-corrected chi connectivity index (χ2v) is 4.39. The van der Waals surface area contributed by atoms with Gasteiger partial charge >= 0.3 is 6.18 Å². The fourth-order valence-electron chi connectivity index (χ4n) is 2.34. The van der Waals surface area contributed by atoms with Gasteiger partial charge in [-0.05, 0) is 25.7 Å². The Bertz CT molecular complexity index is 350. The summed E-state index contributed by atoms with van der Waals surface area (Å²) < 4.78 is 39.2. The van der Waals surface area contributed by atoms with Crippen molar-refractivity contribution < 1.29 is 13.2 Å². The molecule has 1 saturated carbocycles. The van der Waals surface area contributed by atoms with E-state index < -0.39 is 12.1 Å². The Morgan fingerprint density at radius 1 is 1.25 bits per heavy atom. The number of aryl methyl sites for hydroxylation is 1. The number of rotatable bonds is 1. The number of nitrogens with zero attached hydrogens (tertiary/aromatic N) is 3. The molecule has 3 nitrogen and oxygen atoms in total. The average Bonchev–Trinajstić information content (AvgIpc) is 2.63. The third-order valence-corrected chi connectivity index (χ3v) is 3.30. The molecule has 0 spiro atoms. The predicted molar refractivity (Wildman–Crippen MR) is 51.8 cm³/mol. The number of hydrogen-bond acceptors (Lipinski definition) is 2. The quantitative estimate of drug-likeness (QED) is 0.746. The van der Waals surface area contributed by atoms with Crippen molar-refractivity contribution >= 4 is 0 Å². The van der Waals surface area contributed by atoms with Crippen molar-refractivity contribution in [2.45, 2.75) is 37.8 Å². The van der Waals surface area contributed by atoms with Gasteiger partial charge in [-0.1, -0.05) is 0 Å². The third-order valence-electron chi connectivity index (χ3n) is 3.30. The molecule has 0 aromatic carbocycles. The van der Waals surface area contributed by atoms with E-state index in [1.807, 2.05) is 7.05 Å². The molecule has 1 aliphatic carbocycles. The molecule has 1 fully saturated rings. The van der Waals surface area contributed by atoms with Crippen LogP contribution in [0.3, 0.4) is 0 Å². The Labute approximate surface area is 91.7 Å². The first-order valence-electron chi connectivity index (χ1n) is 5.39. The predicted octanol–water partition coefficient (Wildman–Crippen LogP) is 2.65. The highest BCUT2D eigenvalue weighted by Crippen LogP contribution is 2.42. The molecule has 2 rings (SSSR count). The van der Waals surface area contributed by atoms with Crippen molar-refractivity contribution in [2.75, 3.05) is 0 Å².